The van der Waals surface area contributed by atoms with Crippen molar-refractivity contribution >= 4 is 23.9 Å². The number of fused-ring (bicyclic) bond motifs is 3. The fraction of sp³-hybridized carbons (Fsp3) is 0.633. The zero-order valence-corrected chi connectivity index (χ0v) is 23.9. The highest BCUT2D eigenvalue weighted by atomic mass is 16.6. The number of cyclic esters (lactones) is 1. The number of pyridine rings is 1. The van der Waals surface area contributed by atoms with E-state index < -0.39 is 64.2 Å². The third-order valence-corrected chi connectivity index (χ3v) is 10.0. The number of hydrogen-bond donors (Lipinski definition) is 0. The molecule has 0 N–H and O–H groups in total. The second-order valence-corrected chi connectivity index (χ2v) is 12.2. The Morgan fingerprint density at radius 2 is 1.77 bits per heavy atom. The van der Waals surface area contributed by atoms with Gasteiger partial charge < -0.3 is 23.7 Å². The lowest BCUT2D eigenvalue weighted by atomic mass is 9.41. The number of allylic oxidation sites excluding steroid dienone is 1. The maximum absolute atomic E-state index is 13.5. The monoisotopic (exact) mass is 555 g/mol. The molecule has 40 heavy (non-hydrogen) atoms. The lowest BCUT2D eigenvalue weighted by molar-refractivity contribution is -0.363. The minimum atomic E-state index is -1.34. The fourth-order valence-corrected chi connectivity index (χ4v) is 7.96. The molecule has 2 aliphatic carbocycles. The van der Waals surface area contributed by atoms with E-state index in [1.807, 2.05) is 27.7 Å². The van der Waals surface area contributed by atoms with Crippen molar-refractivity contribution in [2.24, 2.45) is 16.7 Å². The Labute approximate surface area is 233 Å². The number of nitrogens with zero attached hydrogens (tertiary/aromatic N) is 1. The second kappa shape index (κ2) is 9.68. The molecule has 1 aromatic heterocycles. The highest BCUT2D eigenvalue weighted by molar-refractivity contribution is 5.89. The van der Waals surface area contributed by atoms with Crippen LogP contribution in [0.2, 0.25) is 0 Å². The molecule has 0 aromatic carbocycles. The number of rotatable bonds is 4. The third kappa shape index (κ3) is 4.14. The summed E-state index contributed by atoms with van der Waals surface area (Å²) in [7, 11) is 0. The van der Waals surface area contributed by atoms with Gasteiger partial charge in [0.2, 0.25) is 0 Å². The molecule has 1 spiro atoms. The van der Waals surface area contributed by atoms with Crippen molar-refractivity contribution in [2.45, 2.75) is 96.7 Å². The standard InChI is InChI=1S/C30H37NO9/c1-17-9-7-11-21-27(17,4)24(39-26(35)20-10-8-12-31-15-20)25(38-19(3)33)29(6)28(21,5)22(37-18(2)32)13-30(40-29)14-23(34)36-16-30/h8-10,12,15,21-22,24-25H,7,11,13-14,16H2,1-6H3/t21-,22-,24-,25-,27-,28-,29-,30-/m1/s1. The summed E-state index contributed by atoms with van der Waals surface area (Å²) in [5, 5.41) is 0. The van der Waals surface area contributed by atoms with Gasteiger partial charge >= 0.3 is 23.9 Å². The first-order chi connectivity index (χ1) is 18.8. The minimum absolute atomic E-state index is 0.0247. The van der Waals surface area contributed by atoms with Gasteiger partial charge in [0.15, 0.2) is 12.2 Å². The molecule has 2 aliphatic heterocycles. The SMILES string of the molecule is CC(=O)O[C@@H]1[C@@H](OC(=O)c2cccnc2)[C@]2(C)C(C)=CCC[C@H]2[C@]2(C)[C@H](OC(C)=O)C[C@@]3(COC(=O)C3)O[C@]12C. The molecule has 0 bridgehead atoms. The summed E-state index contributed by atoms with van der Waals surface area (Å²) >= 11 is 0. The molecule has 10 heteroatoms. The van der Waals surface area contributed by atoms with Crippen LogP contribution in [0.4, 0.5) is 0 Å². The highest BCUT2D eigenvalue weighted by Gasteiger charge is 2.77. The Morgan fingerprint density at radius 1 is 1.05 bits per heavy atom. The summed E-state index contributed by atoms with van der Waals surface area (Å²) in [6, 6.07) is 3.25. The Balaban J connectivity index is 1.72. The Bertz CT molecular complexity index is 1260. The first kappa shape index (κ1) is 28.3. The molecule has 2 saturated heterocycles. The maximum Gasteiger partial charge on any atom is 0.340 e. The summed E-state index contributed by atoms with van der Waals surface area (Å²) in [5.74, 6) is -2.29. The fourth-order valence-electron chi connectivity index (χ4n) is 7.96. The molecule has 3 heterocycles. The number of carbonyl (C=O) groups is 4. The van der Waals surface area contributed by atoms with E-state index in [1.165, 1.54) is 20.0 Å². The zero-order valence-electron chi connectivity index (χ0n) is 23.9. The lowest BCUT2D eigenvalue weighted by Crippen LogP contribution is -2.80. The van der Waals surface area contributed by atoms with Gasteiger partial charge in [0.1, 0.15) is 23.9 Å². The topological polar surface area (TPSA) is 127 Å². The molecule has 5 rings (SSSR count). The molecule has 4 aliphatic rings. The molecule has 0 unspecified atom stereocenters. The number of ether oxygens (including phenoxy) is 5. The molecule has 1 aromatic rings. The quantitative estimate of drug-likeness (QED) is 0.308. The summed E-state index contributed by atoms with van der Waals surface area (Å²) in [5.41, 5.74) is -2.92. The van der Waals surface area contributed by atoms with Gasteiger partial charge in [0.25, 0.3) is 0 Å². The summed E-state index contributed by atoms with van der Waals surface area (Å²) in [4.78, 5) is 55.1. The van der Waals surface area contributed by atoms with Gasteiger partial charge in [-0.1, -0.05) is 25.5 Å². The van der Waals surface area contributed by atoms with Crippen molar-refractivity contribution in [3.8, 4) is 0 Å². The molecular weight excluding hydrogens is 518 g/mol. The van der Waals surface area contributed by atoms with Crippen LogP contribution in [0.25, 0.3) is 0 Å². The van der Waals surface area contributed by atoms with Crippen molar-refractivity contribution in [1.82, 2.24) is 4.98 Å². The second-order valence-electron chi connectivity index (χ2n) is 12.2. The number of aromatic nitrogens is 1. The van der Waals surface area contributed by atoms with E-state index in [1.54, 1.807) is 18.3 Å². The van der Waals surface area contributed by atoms with Gasteiger partial charge in [0, 0.05) is 43.5 Å². The van der Waals surface area contributed by atoms with Gasteiger partial charge in [-0.3, -0.25) is 19.4 Å². The first-order valence-electron chi connectivity index (χ1n) is 13.8. The molecule has 10 nitrogen and oxygen atoms in total. The van der Waals surface area contributed by atoms with Crippen LogP contribution in [-0.4, -0.2) is 65.0 Å². The van der Waals surface area contributed by atoms with Crippen molar-refractivity contribution in [3.05, 3.63) is 41.7 Å². The van der Waals surface area contributed by atoms with Crippen molar-refractivity contribution in [1.29, 1.82) is 0 Å². The van der Waals surface area contributed by atoms with Crippen LogP contribution in [0.3, 0.4) is 0 Å². The van der Waals surface area contributed by atoms with Crippen LogP contribution in [0.1, 0.15) is 77.6 Å². The number of esters is 4. The van der Waals surface area contributed by atoms with E-state index in [9.17, 15) is 19.2 Å². The smallest absolute Gasteiger partial charge is 0.340 e. The molecular formula is C30H37NO9. The van der Waals surface area contributed by atoms with Crippen LogP contribution in [0.15, 0.2) is 36.2 Å². The minimum Gasteiger partial charge on any atom is -0.462 e. The largest absolute Gasteiger partial charge is 0.462 e. The summed E-state index contributed by atoms with van der Waals surface area (Å²) in [6.07, 6.45) is 4.00. The molecule has 0 amide bonds. The average Bonchev–Trinajstić information content (AvgIpc) is 3.24. The van der Waals surface area contributed by atoms with Crippen LogP contribution in [0, 0.1) is 16.7 Å². The third-order valence-electron chi connectivity index (χ3n) is 10.0. The van der Waals surface area contributed by atoms with Crippen molar-refractivity contribution < 1.29 is 42.9 Å². The van der Waals surface area contributed by atoms with E-state index in [-0.39, 0.29) is 30.9 Å². The van der Waals surface area contributed by atoms with E-state index in [4.69, 9.17) is 23.7 Å². The Hall–Kier alpha value is -3.27. The van der Waals surface area contributed by atoms with Crippen LogP contribution in [-0.2, 0) is 38.1 Å². The van der Waals surface area contributed by atoms with Gasteiger partial charge in [-0.25, -0.2) is 4.79 Å². The molecule has 1 saturated carbocycles. The van der Waals surface area contributed by atoms with Crippen molar-refractivity contribution in [2.75, 3.05) is 6.61 Å². The molecule has 0 radical (unpaired) electrons. The zero-order chi connectivity index (χ0) is 29.1. The summed E-state index contributed by atoms with van der Waals surface area (Å²) < 4.78 is 30.7. The van der Waals surface area contributed by atoms with E-state index in [0.717, 1.165) is 12.0 Å². The average molecular weight is 556 g/mol. The lowest BCUT2D eigenvalue weighted by Gasteiger charge is -2.70. The van der Waals surface area contributed by atoms with Crippen LogP contribution < -0.4 is 0 Å². The number of hydrogen-bond acceptors (Lipinski definition) is 10. The molecule has 216 valence electrons. The Kier molecular flexibility index (Phi) is 6.84. The summed E-state index contributed by atoms with van der Waals surface area (Å²) in [6.45, 7) is 10.5. The predicted molar refractivity (Wildman–Crippen MR) is 140 cm³/mol. The van der Waals surface area contributed by atoms with Crippen LogP contribution in [0.5, 0.6) is 0 Å². The first-order valence-corrected chi connectivity index (χ1v) is 13.8. The molecule has 8 atom stereocenters. The van der Waals surface area contributed by atoms with Crippen molar-refractivity contribution in [3.63, 3.8) is 0 Å². The number of carbonyl (C=O) groups excluding carboxylic acids is 4. The van der Waals surface area contributed by atoms with Gasteiger partial charge in [0.05, 0.1) is 12.0 Å². The molecule has 3 fully saturated rings. The van der Waals surface area contributed by atoms with E-state index >= 15 is 0 Å². The van der Waals surface area contributed by atoms with Crippen LogP contribution >= 0.6 is 0 Å². The van der Waals surface area contributed by atoms with E-state index in [2.05, 4.69) is 11.1 Å². The normalized spacial score (nSPS) is 40.2. The highest BCUT2D eigenvalue weighted by Crippen LogP contribution is 2.69. The van der Waals surface area contributed by atoms with Gasteiger partial charge in [-0.15, -0.1) is 0 Å². The van der Waals surface area contributed by atoms with E-state index in [0.29, 0.717) is 6.42 Å². The Morgan fingerprint density at radius 3 is 2.38 bits per heavy atom. The predicted octanol–water partition coefficient (Wildman–Crippen LogP) is 3.72. The van der Waals surface area contributed by atoms with Gasteiger partial charge in [-0.2, -0.15) is 0 Å². The maximum atomic E-state index is 13.5. The van der Waals surface area contributed by atoms with Gasteiger partial charge in [-0.05, 0) is 44.7 Å².